The number of unbranched alkanes of at least 4 members (excludes halogenated alkanes) is 24. The molecule has 0 aromatic rings. The van der Waals surface area contributed by atoms with E-state index < -0.39 is 0 Å². The normalized spacial score (nSPS) is 14.1. The quantitative estimate of drug-likeness (QED) is 0.0492. The van der Waals surface area contributed by atoms with Crippen molar-refractivity contribution >= 4 is 11.9 Å². The van der Waals surface area contributed by atoms with Gasteiger partial charge in [0, 0.05) is 19.4 Å². The molecule has 2 unspecified atom stereocenters. The molecular formula is C48H93NO5. The summed E-state index contributed by atoms with van der Waals surface area (Å²) < 4.78 is 12.0. The van der Waals surface area contributed by atoms with E-state index >= 15 is 0 Å². The predicted molar refractivity (Wildman–Crippen MR) is 230 cm³/mol. The topological polar surface area (TPSA) is 76.1 Å². The van der Waals surface area contributed by atoms with Crippen molar-refractivity contribution in [3.63, 3.8) is 0 Å². The maximum atomic E-state index is 12.8. The SMILES string of the molecule is CCCCCCCCCC(CCCCCCCC)OC(=O)CCCCCCCN(CCO)CCCCCCCC(=O)OC(CCCCCCCC)C1CC1. The minimum atomic E-state index is 0.0176. The molecule has 0 amide bonds. The van der Waals surface area contributed by atoms with E-state index in [0.717, 1.165) is 90.3 Å². The number of rotatable bonds is 43. The molecule has 6 nitrogen and oxygen atoms in total. The van der Waals surface area contributed by atoms with Crippen LogP contribution in [0.1, 0.15) is 252 Å². The van der Waals surface area contributed by atoms with Crippen LogP contribution in [0.3, 0.4) is 0 Å². The Hall–Kier alpha value is -1.14. The van der Waals surface area contributed by atoms with E-state index in [9.17, 15) is 14.7 Å². The van der Waals surface area contributed by atoms with Crippen molar-refractivity contribution in [2.75, 3.05) is 26.2 Å². The standard InChI is InChI=1S/C48H93NO5/c1-4-7-10-13-16-20-27-34-45(33-26-19-14-11-8-5-2)53-47(51)36-29-22-17-24-31-40-49(42-43-50)41-32-25-18-23-30-37-48(52)54-46(44-38-39-44)35-28-21-15-12-9-6-3/h44-46,50H,4-43H2,1-3H3. The summed E-state index contributed by atoms with van der Waals surface area (Å²) in [6.07, 6.45) is 42.6. The van der Waals surface area contributed by atoms with Gasteiger partial charge in [0.25, 0.3) is 0 Å². The van der Waals surface area contributed by atoms with Gasteiger partial charge in [0.2, 0.25) is 0 Å². The fourth-order valence-corrected chi connectivity index (χ4v) is 7.95. The van der Waals surface area contributed by atoms with Gasteiger partial charge in [0.1, 0.15) is 12.2 Å². The van der Waals surface area contributed by atoms with Crippen molar-refractivity contribution in [1.29, 1.82) is 0 Å². The fourth-order valence-electron chi connectivity index (χ4n) is 7.95. The van der Waals surface area contributed by atoms with Crippen LogP contribution in [0.25, 0.3) is 0 Å². The minimum absolute atomic E-state index is 0.0176. The van der Waals surface area contributed by atoms with Crippen molar-refractivity contribution in [1.82, 2.24) is 4.90 Å². The molecule has 0 radical (unpaired) electrons. The zero-order chi connectivity index (χ0) is 39.2. The van der Waals surface area contributed by atoms with Crippen LogP contribution in [0.5, 0.6) is 0 Å². The second-order valence-electron chi connectivity index (χ2n) is 17.1. The van der Waals surface area contributed by atoms with Crippen LogP contribution in [0.2, 0.25) is 0 Å². The average molecular weight is 764 g/mol. The Morgan fingerprint density at radius 2 is 0.852 bits per heavy atom. The molecule has 54 heavy (non-hydrogen) atoms. The van der Waals surface area contributed by atoms with Crippen molar-refractivity contribution in [2.45, 2.75) is 264 Å². The summed E-state index contributed by atoms with van der Waals surface area (Å²) in [4.78, 5) is 27.7. The Kier molecular flexibility index (Phi) is 36.5. The minimum Gasteiger partial charge on any atom is -0.462 e. The third kappa shape index (κ3) is 33.0. The van der Waals surface area contributed by atoms with Gasteiger partial charge >= 0.3 is 11.9 Å². The lowest BCUT2D eigenvalue weighted by Gasteiger charge is -2.21. The molecule has 1 fully saturated rings. The van der Waals surface area contributed by atoms with Crippen LogP contribution in [-0.4, -0.2) is 60.4 Å². The summed E-state index contributed by atoms with van der Waals surface area (Å²) in [6.45, 7) is 9.82. The highest BCUT2D eigenvalue weighted by molar-refractivity contribution is 5.69. The van der Waals surface area contributed by atoms with E-state index in [-0.39, 0.29) is 30.8 Å². The number of aliphatic hydroxyl groups excluding tert-OH is 1. The Labute approximate surface area is 336 Å². The van der Waals surface area contributed by atoms with Gasteiger partial charge in [0.05, 0.1) is 6.61 Å². The number of hydrogen-bond acceptors (Lipinski definition) is 6. The van der Waals surface area contributed by atoms with Crippen LogP contribution in [0.15, 0.2) is 0 Å². The molecule has 2 atom stereocenters. The summed E-state index contributed by atoms with van der Waals surface area (Å²) >= 11 is 0. The van der Waals surface area contributed by atoms with E-state index in [4.69, 9.17) is 9.47 Å². The van der Waals surface area contributed by atoms with Crippen LogP contribution in [0, 0.1) is 5.92 Å². The maximum Gasteiger partial charge on any atom is 0.306 e. The Bertz CT molecular complexity index is 817. The predicted octanol–water partition coefficient (Wildman–Crippen LogP) is 13.8. The molecule has 1 saturated carbocycles. The van der Waals surface area contributed by atoms with E-state index in [1.807, 2.05) is 0 Å². The van der Waals surface area contributed by atoms with Gasteiger partial charge in [-0.3, -0.25) is 9.59 Å². The van der Waals surface area contributed by atoms with Gasteiger partial charge < -0.3 is 19.5 Å². The van der Waals surface area contributed by atoms with Gasteiger partial charge in [-0.05, 0) is 96.1 Å². The fraction of sp³-hybridized carbons (Fsp3) is 0.958. The molecule has 0 spiro atoms. The molecule has 0 aliphatic heterocycles. The first kappa shape index (κ1) is 50.9. The van der Waals surface area contributed by atoms with Crippen molar-refractivity contribution in [3.05, 3.63) is 0 Å². The van der Waals surface area contributed by atoms with Crippen molar-refractivity contribution in [2.24, 2.45) is 5.92 Å². The molecule has 0 bridgehead atoms. The summed E-state index contributed by atoms with van der Waals surface area (Å²) in [6, 6.07) is 0. The maximum absolute atomic E-state index is 12.8. The summed E-state index contributed by atoms with van der Waals surface area (Å²) in [5.41, 5.74) is 0. The molecule has 0 aromatic carbocycles. The molecule has 320 valence electrons. The number of esters is 2. The van der Waals surface area contributed by atoms with Gasteiger partial charge in [-0.1, -0.05) is 162 Å². The average Bonchev–Trinajstić information content (AvgIpc) is 4.01. The second kappa shape index (κ2) is 38.7. The van der Waals surface area contributed by atoms with Crippen molar-refractivity contribution < 1.29 is 24.2 Å². The number of carbonyl (C=O) groups excluding carboxylic acids is 2. The number of hydrogen-bond donors (Lipinski definition) is 1. The molecular weight excluding hydrogens is 671 g/mol. The van der Waals surface area contributed by atoms with E-state index in [1.165, 1.54) is 148 Å². The monoisotopic (exact) mass is 764 g/mol. The third-order valence-electron chi connectivity index (χ3n) is 11.7. The Balaban J connectivity index is 2.13. The van der Waals surface area contributed by atoms with Crippen LogP contribution in [0.4, 0.5) is 0 Å². The lowest BCUT2D eigenvalue weighted by atomic mass is 10.0. The zero-order valence-electron chi connectivity index (χ0n) is 36.5. The molecule has 0 aromatic heterocycles. The smallest absolute Gasteiger partial charge is 0.306 e. The molecule has 0 heterocycles. The van der Waals surface area contributed by atoms with Crippen LogP contribution >= 0.6 is 0 Å². The van der Waals surface area contributed by atoms with Crippen LogP contribution in [-0.2, 0) is 19.1 Å². The van der Waals surface area contributed by atoms with Gasteiger partial charge in [-0.15, -0.1) is 0 Å². The number of ether oxygens (including phenoxy) is 2. The van der Waals surface area contributed by atoms with E-state index in [1.54, 1.807) is 0 Å². The number of carbonyl (C=O) groups is 2. The molecule has 1 aliphatic rings. The highest BCUT2D eigenvalue weighted by Gasteiger charge is 2.33. The van der Waals surface area contributed by atoms with Crippen LogP contribution < -0.4 is 0 Å². The highest BCUT2D eigenvalue weighted by atomic mass is 16.5. The molecule has 1 rings (SSSR count). The first-order chi connectivity index (χ1) is 26.5. The zero-order valence-corrected chi connectivity index (χ0v) is 36.5. The lowest BCUT2D eigenvalue weighted by Crippen LogP contribution is -2.29. The number of aliphatic hydroxyl groups is 1. The highest BCUT2D eigenvalue weighted by Crippen LogP contribution is 2.37. The number of nitrogens with zero attached hydrogens (tertiary/aromatic N) is 1. The van der Waals surface area contributed by atoms with E-state index in [0.29, 0.717) is 18.8 Å². The molecule has 1 N–H and O–H groups in total. The van der Waals surface area contributed by atoms with E-state index in [2.05, 4.69) is 25.7 Å². The summed E-state index contributed by atoms with van der Waals surface area (Å²) in [5, 5.41) is 9.60. The van der Waals surface area contributed by atoms with Gasteiger partial charge in [-0.25, -0.2) is 0 Å². The van der Waals surface area contributed by atoms with Gasteiger partial charge in [-0.2, -0.15) is 0 Å². The second-order valence-corrected chi connectivity index (χ2v) is 17.1. The Morgan fingerprint density at radius 1 is 0.481 bits per heavy atom. The summed E-state index contributed by atoms with van der Waals surface area (Å²) in [5.74, 6) is 0.668. The molecule has 0 saturated heterocycles. The third-order valence-corrected chi connectivity index (χ3v) is 11.7. The largest absolute Gasteiger partial charge is 0.462 e. The first-order valence-electron chi connectivity index (χ1n) is 24.3. The lowest BCUT2D eigenvalue weighted by molar-refractivity contribution is -0.151. The molecule has 6 heteroatoms. The molecule has 1 aliphatic carbocycles. The first-order valence-corrected chi connectivity index (χ1v) is 24.3. The summed E-state index contributed by atoms with van der Waals surface area (Å²) in [7, 11) is 0. The van der Waals surface area contributed by atoms with Crippen molar-refractivity contribution in [3.8, 4) is 0 Å². The van der Waals surface area contributed by atoms with Gasteiger partial charge in [0.15, 0.2) is 0 Å². The Morgan fingerprint density at radius 3 is 1.28 bits per heavy atom.